The summed E-state index contributed by atoms with van der Waals surface area (Å²) in [5.41, 5.74) is 1.80. The SMILES string of the molecule is CCCNCc1ccc(NC(=O)NC(C)(C)C)cc1. The zero-order chi connectivity index (χ0) is 14.3. The van der Waals surface area contributed by atoms with Crippen molar-refractivity contribution in [2.24, 2.45) is 0 Å². The van der Waals surface area contributed by atoms with E-state index in [4.69, 9.17) is 0 Å². The van der Waals surface area contributed by atoms with Crippen molar-refractivity contribution in [1.29, 1.82) is 0 Å². The van der Waals surface area contributed by atoms with E-state index in [9.17, 15) is 4.79 Å². The van der Waals surface area contributed by atoms with Crippen molar-refractivity contribution in [3.05, 3.63) is 29.8 Å². The fraction of sp³-hybridized carbons (Fsp3) is 0.533. The lowest BCUT2D eigenvalue weighted by atomic mass is 10.1. The number of amides is 2. The molecule has 106 valence electrons. The van der Waals surface area contributed by atoms with E-state index in [1.54, 1.807) is 0 Å². The summed E-state index contributed by atoms with van der Waals surface area (Å²) >= 11 is 0. The average Bonchev–Trinajstić information content (AvgIpc) is 2.29. The molecule has 0 atom stereocenters. The molecule has 1 rings (SSSR count). The third kappa shape index (κ3) is 6.82. The molecule has 2 amide bonds. The molecule has 0 aliphatic heterocycles. The van der Waals surface area contributed by atoms with Gasteiger partial charge in [0.2, 0.25) is 0 Å². The Kier molecular flexibility index (Phi) is 5.83. The van der Waals surface area contributed by atoms with Gasteiger partial charge in [-0.3, -0.25) is 0 Å². The molecule has 3 N–H and O–H groups in total. The third-order valence-electron chi connectivity index (χ3n) is 2.46. The summed E-state index contributed by atoms with van der Waals surface area (Å²) in [5.74, 6) is 0. The maximum absolute atomic E-state index is 11.7. The molecule has 0 radical (unpaired) electrons. The summed E-state index contributed by atoms with van der Waals surface area (Å²) in [6.07, 6.45) is 1.13. The molecule has 1 aromatic rings. The van der Waals surface area contributed by atoms with Crippen LogP contribution >= 0.6 is 0 Å². The van der Waals surface area contributed by atoms with Gasteiger partial charge < -0.3 is 16.0 Å². The minimum atomic E-state index is -0.228. The lowest BCUT2D eigenvalue weighted by Crippen LogP contribution is -2.43. The molecule has 4 heteroatoms. The molecule has 0 unspecified atom stereocenters. The largest absolute Gasteiger partial charge is 0.333 e. The first kappa shape index (κ1) is 15.5. The fourth-order valence-electron chi connectivity index (χ4n) is 1.62. The van der Waals surface area contributed by atoms with E-state index in [-0.39, 0.29) is 11.6 Å². The average molecular weight is 263 g/mol. The van der Waals surface area contributed by atoms with Crippen LogP contribution in [0.4, 0.5) is 10.5 Å². The van der Waals surface area contributed by atoms with Crippen LogP contribution in [0.15, 0.2) is 24.3 Å². The lowest BCUT2D eigenvalue weighted by Gasteiger charge is -2.20. The van der Waals surface area contributed by atoms with Gasteiger partial charge in [0.15, 0.2) is 0 Å². The second-order valence-electron chi connectivity index (χ2n) is 5.70. The number of carbonyl (C=O) groups excluding carboxylic acids is 1. The first-order valence-corrected chi connectivity index (χ1v) is 6.79. The number of hydrogen-bond acceptors (Lipinski definition) is 2. The van der Waals surface area contributed by atoms with Crippen LogP contribution < -0.4 is 16.0 Å². The van der Waals surface area contributed by atoms with Crippen molar-refractivity contribution in [3.63, 3.8) is 0 Å². The van der Waals surface area contributed by atoms with Crippen molar-refractivity contribution in [3.8, 4) is 0 Å². The van der Waals surface area contributed by atoms with E-state index in [1.807, 2.05) is 45.0 Å². The molecule has 0 heterocycles. The van der Waals surface area contributed by atoms with Crippen molar-refractivity contribution in [1.82, 2.24) is 10.6 Å². The van der Waals surface area contributed by atoms with Gasteiger partial charge in [0.25, 0.3) is 0 Å². The Labute approximate surface area is 116 Å². The highest BCUT2D eigenvalue weighted by Gasteiger charge is 2.13. The third-order valence-corrected chi connectivity index (χ3v) is 2.46. The van der Waals surface area contributed by atoms with E-state index in [0.29, 0.717) is 0 Å². The number of carbonyl (C=O) groups is 1. The van der Waals surface area contributed by atoms with Gasteiger partial charge >= 0.3 is 6.03 Å². The summed E-state index contributed by atoms with van der Waals surface area (Å²) in [6, 6.07) is 7.71. The predicted molar refractivity (Wildman–Crippen MR) is 80.3 cm³/mol. The molecule has 0 saturated heterocycles. The van der Waals surface area contributed by atoms with E-state index < -0.39 is 0 Å². The lowest BCUT2D eigenvalue weighted by molar-refractivity contribution is 0.244. The van der Waals surface area contributed by atoms with Gasteiger partial charge in [-0.2, -0.15) is 0 Å². The molecule has 0 fully saturated rings. The summed E-state index contributed by atoms with van der Waals surface area (Å²) in [7, 11) is 0. The Hall–Kier alpha value is -1.55. The van der Waals surface area contributed by atoms with Gasteiger partial charge in [0.05, 0.1) is 0 Å². The second kappa shape index (κ2) is 7.14. The zero-order valence-electron chi connectivity index (χ0n) is 12.3. The fourth-order valence-corrected chi connectivity index (χ4v) is 1.62. The standard InChI is InChI=1S/C15H25N3O/c1-5-10-16-11-12-6-8-13(9-7-12)17-14(19)18-15(2,3)4/h6-9,16H,5,10-11H2,1-4H3,(H2,17,18,19). The maximum Gasteiger partial charge on any atom is 0.319 e. The summed E-state index contributed by atoms with van der Waals surface area (Å²) < 4.78 is 0. The van der Waals surface area contributed by atoms with Crippen molar-refractivity contribution < 1.29 is 4.79 Å². The van der Waals surface area contributed by atoms with Crippen LogP contribution in [0.5, 0.6) is 0 Å². The van der Waals surface area contributed by atoms with Crippen LogP contribution in [0.3, 0.4) is 0 Å². The second-order valence-corrected chi connectivity index (χ2v) is 5.70. The number of benzene rings is 1. The maximum atomic E-state index is 11.7. The number of nitrogens with one attached hydrogen (secondary N) is 3. The topological polar surface area (TPSA) is 53.2 Å². The van der Waals surface area contributed by atoms with Crippen LogP contribution in [0.2, 0.25) is 0 Å². The van der Waals surface area contributed by atoms with Crippen LogP contribution in [-0.4, -0.2) is 18.1 Å². The molecule has 0 spiro atoms. The molecule has 1 aromatic carbocycles. The quantitative estimate of drug-likeness (QED) is 0.715. The highest BCUT2D eigenvalue weighted by atomic mass is 16.2. The van der Waals surface area contributed by atoms with Crippen LogP contribution in [-0.2, 0) is 6.54 Å². The molecule has 0 aromatic heterocycles. The minimum absolute atomic E-state index is 0.177. The molecule has 4 nitrogen and oxygen atoms in total. The highest BCUT2D eigenvalue weighted by molar-refractivity contribution is 5.89. The van der Waals surface area contributed by atoms with Crippen LogP contribution in [0, 0.1) is 0 Å². The number of rotatable bonds is 5. The Morgan fingerprint density at radius 3 is 2.32 bits per heavy atom. The molecule has 0 aliphatic carbocycles. The van der Waals surface area contributed by atoms with Gasteiger partial charge in [-0.05, 0) is 51.4 Å². The van der Waals surface area contributed by atoms with Crippen molar-refractivity contribution in [2.45, 2.75) is 46.2 Å². The van der Waals surface area contributed by atoms with Crippen LogP contribution in [0.1, 0.15) is 39.7 Å². The first-order chi connectivity index (χ1) is 8.90. The first-order valence-electron chi connectivity index (χ1n) is 6.79. The van der Waals surface area contributed by atoms with Gasteiger partial charge in [-0.25, -0.2) is 4.79 Å². The van der Waals surface area contributed by atoms with Gasteiger partial charge in [0, 0.05) is 17.8 Å². The van der Waals surface area contributed by atoms with E-state index in [2.05, 4.69) is 22.9 Å². The molecule has 19 heavy (non-hydrogen) atoms. The summed E-state index contributed by atoms with van der Waals surface area (Å²) in [5, 5.41) is 9.03. The Bertz CT molecular complexity index is 393. The molecule has 0 aliphatic rings. The Balaban J connectivity index is 2.45. The van der Waals surface area contributed by atoms with E-state index >= 15 is 0 Å². The summed E-state index contributed by atoms with van der Waals surface area (Å²) in [4.78, 5) is 11.7. The molecule has 0 saturated carbocycles. The Morgan fingerprint density at radius 2 is 1.79 bits per heavy atom. The minimum Gasteiger partial charge on any atom is -0.333 e. The predicted octanol–water partition coefficient (Wildman–Crippen LogP) is 3.11. The Morgan fingerprint density at radius 1 is 1.16 bits per heavy atom. The molecular weight excluding hydrogens is 238 g/mol. The van der Waals surface area contributed by atoms with Crippen molar-refractivity contribution in [2.75, 3.05) is 11.9 Å². The number of urea groups is 1. The number of anilines is 1. The normalized spacial score (nSPS) is 11.2. The van der Waals surface area contributed by atoms with Gasteiger partial charge in [-0.15, -0.1) is 0 Å². The van der Waals surface area contributed by atoms with Crippen LogP contribution in [0.25, 0.3) is 0 Å². The number of hydrogen-bond donors (Lipinski definition) is 3. The summed E-state index contributed by atoms with van der Waals surface area (Å²) in [6.45, 7) is 9.89. The molecule has 0 bridgehead atoms. The molecular formula is C15H25N3O. The highest BCUT2D eigenvalue weighted by Crippen LogP contribution is 2.10. The van der Waals surface area contributed by atoms with Gasteiger partial charge in [-0.1, -0.05) is 19.1 Å². The zero-order valence-corrected chi connectivity index (χ0v) is 12.3. The van der Waals surface area contributed by atoms with Crippen molar-refractivity contribution >= 4 is 11.7 Å². The van der Waals surface area contributed by atoms with E-state index in [0.717, 1.165) is 25.2 Å². The van der Waals surface area contributed by atoms with E-state index in [1.165, 1.54) is 5.56 Å². The van der Waals surface area contributed by atoms with Gasteiger partial charge in [0.1, 0.15) is 0 Å². The monoisotopic (exact) mass is 263 g/mol. The smallest absolute Gasteiger partial charge is 0.319 e.